The van der Waals surface area contributed by atoms with E-state index in [4.69, 9.17) is 25.8 Å². The number of nitrogens with one attached hydrogen (secondary N) is 1. The Morgan fingerprint density at radius 1 is 1.07 bits per heavy atom. The summed E-state index contributed by atoms with van der Waals surface area (Å²) in [4.78, 5) is 23.7. The van der Waals surface area contributed by atoms with Crippen molar-refractivity contribution in [2.24, 2.45) is 0 Å². The van der Waals surface area contributed by atoms with Crippen LogP contribution in [0, 0.1) is 6.92 Å². The van der Waals surface area contributed by atoms with Crippen LogP contribution in [0.2, 0.25) is 5.02 Å². The molecule has 2 rings (SSSR count). The molecule has 0 saturated carbocycles. The van der Waals surface area contributed by atoms with Crippen LogP contribution in [-0.2, 0) is 14.3 Å². The number of ether oxygens (including phenoxy) is 3. The summed E-state index contributed by atoms with van der Waals surface area (Å²) in [5.74, 6) is 0.447. The lowest BCUT2D eigenvalue weighted by molar-refractivity contribution is -0.147. The van der Waals surface area contributed by atoms with E-state index >= 15 is 0 Å². The molecule has 0 saturated heterocycles. The third-order valence-corrected chi connectivity index (χ3v) is 3.99. The molecule has 0 bridgehead atoms. The molecule has 0 unspecified atom stereocenters. The summed E-state index contributed by atoms with van der Waals surface area (Å²) < 4.78 is 16.1. The molecule has 0 aliphatic carbocycles. The van der Waals surface area contributed by atoms with Crippen LogP contribution in [0.3, 0.4) is 0 Å². The number of esters is 1. The lowest BCUT2D eigenvalue weighted by Gasteiger charge is -2.11. The third kappa shape index (κ3) is 7.12. The maximum Gasteiger partial charge on any atom is 0.306 e. The number of hydrogen-bond donors (Lipinski definition) is 1. The fraction of sp³-hybridized carbons (Fsp3) is 0.333. The van der Waals surface area contributed by atoms with Gasteiger partial charge in [0.2, 0.25) is 0 Å². The predicted molar refractivity (Wildman–Crippen MR) is 108 cm³/mol. The Bertz CT molecular complexity index is 809. The van der Waals surface area contributed by atoms with Crippen LogP contribution >= 0.6 is 11.6 Å². The van der Waals surface area contributed by atoms with Crippen LogP contribution in [0.4, 0.5) is 5.69 Å². The minimum Gasteiger partial charge on any atom is -0.490 e. The molecule has 0 atom stereocenters. The van der Waals surface area contributed by atoms with E-state index in [1.807, 2.05) is 38.1 Å². The van der Waals surface area contributed by atoms with E-state index in [0.29, 0.717) is 41.8 Å². The zero-order valence-corrected chi connectivity index (χ0v) is 16.8. The van der Waals surface area contributed by atoms with Crippen molar-refractivity contribution in [3.63, 3.8) is 0 Å². The zero-order chi connectivity index (χ0) is 20.4. The highest BCUT2D eigenvalue weighted by molar-refractivity contribution is 6.30. The molecule has 2 aromatic carbocycles. The van der Waals surface area contributed by atoms with Crippen LogP contribution in [0.25, 0.3) is 0 Å². The summed E-state index contributed by atoms with van der Waals surface area (Å²) >= 11 is 5.88. The summed E-state index contributed by atoms with van der Waals surface area (Å²) in [6.45, 7) is 4.28. The van der Waals surface area contributed by atoms with E-state index in [-0.39, 0.29) is 13.0 Å². The van der Waals surface area contributed by atoms with Crippen LogP contribution < -0.4 is 14.8 Å². The quantitative estimate of drug-likeness (QED) is 0.468. The minimum atomic E-state index is -0.454. The number of carbonyl (C=O) groups excluding carboxylic acids is 2. The predicted octanol–water partition coefficient (Wildman–Crippen LogP) is 4.39. The van der Waals surface area contributed by atoms with Gasteiger partial charge in [-0.25, -0.2) is 0 Å². The first kappa shape index (κ1) is 21.6. The molecular formula is C21H24ClNO5. The molecule has 1 N–H and O–H groups in total. The van der Waals surface area contributed by atoms with E-state index in [0.717, 1.165) is 5.56 Å². The third-order valence-electron chi connectivity index (χ3n) is 3.76. The van der Waals surface area contributed by atoms with E-state index in [9.17, 15) is 9.59 Å². The molecule has 2 aromatic rings. The molecule has 0 aliphatic rings. The largest absolute Gasteiger partial charge is 0.490 e. The number of hydrogen-bond acceptors (Lipinski definition) is 5. The van der Waals surface area contributed by atoms with Gasteiger partial charge in [-0.2, -0.15) is 0 Å². The van der Waals surface area contributed by atoms with E-state index in [2.05, 4.69) is 5.32 Å². The Morgan fingerprint density at radius 2 is 1.79 bits per heavy atom. The first-order chi connectivity index (χ1) is 13.5. The van der Waals surface area contributed by atoms with Gasteiger partial charge in [0.1, 0.15) is 0 Å². The van der Waals surface area contributed by atoms with E-state index < -0.39 is 11.9 Å². The first-order valence-corrected chi connectivity index (χ1v) is 9.43. The van der Waals surface area contributed by atoms with Gasteiger partial charge in [-0.05, 0) is 56.2 Å². The van der Waals surface area contributed by atoms with Crippen LogP contribution in [0.1, 0.15) is 25.3 Å². The highest BCUT2D eigenvalue weighted by Crippen LogP contribution is 2.26. The number of amides is 1. The average molecular weight is 406 g/mol. The Morgan fingerprint density at radius 3 is 2.46 bits per heavy atom. The second-order valence-corrected chi connectivity index (χ2v) is 6.44. The maximum absolute atomic E-state index is 11.9. The van der Waals surface area contributed by atoms with Gasteiger partial charge in [0, 0.05) is 17.1 Å². The van der Waals surface area contributed by atoms with Gasteiger partial charge in [-0.3, -0.25) is 9.59 Å². The second kappa shape index (κ2) is 11.2. The topological polar surface area (TPSA) is 73.9 Å². The molecule has 7 heteroatoms. The van der Waals surface area contributed by atoms with Crippen LogP contribution in [0.5, 0.6) is 11.5 Å². The van der Waals surface area contributed by atoms with Crippen molar-refractivity contribution in [2.45, 2.75) is 26.7 Å². The van der Waals surface area contributed by atoms with E-state index in [1.165, 1.54) is 0 Å². The Hall–Kier alpha value is -2.73. The van der Waals surface area contributed by atoms with Gasteiger partial charge < -0.3 is 19.5 Å². The number of carbonyl (C=O) groups is 2. The normalized spacial score (nSPS) is 10.2. The van der Waals surface area contributed by atoms with Gasteiger partial charge in [0.15, 0.2) is 18.1 Å². The van der Waals surface area contributed by atoms with Gasteiger partial charge in [0.25, 0.3) is 5.91 Å². The number of para-hydroxylation sites is 2. The maximum atomic E-state index is 11.9. The van der Waals surface area contributed by atoms with Gasteiger partial charge in [-0.15, -0.1) is 0 Å². The Labute approximate surface area is 169 Å². The molecule has 0 radical (unpaired) electrons. The summed E-state index contributed by atoms with van der Waals surface area (Å²) in [6.07, 6.45) is 0.626. The van der Waals surface area contributed by atoms with Crippen molar-refractivity contribution in [1.29, 1.82) is 0 Å². The summed E-state index contributed by atoms with van der Waals surface area (Å²) in [5, 5.41) is 3.28. The molecule has 0 aromatic heterocycles. The molecule has 0 heterocycles. The lowest BCUT2D eigenvalue weighted by Crippen LogP contribution is -2.21. The number of benzene rings is 2. The van der Waals surface area contributed by atoms with Gasteiger partial charge in [0.05, 0.1) is 13.2 Å². The standard InChI is InChI=1S/C21H24ClNO5/c1-3-26-18-7-4-5-8-19(18)27-12-6-9-21(25)28-14-20(24)23-17-11-10-16(22)13-15(17)2/h4-5,7-8,10-11,13H,3,6,9,12,14H2,1-2H3,(H,23,24). The van der Waals surface area contributed by atoms with Crippen molar-refractivity contribution in [3.8, 4) is 11.5 Å². The first-order valence-electron chi connectivity index (χ1n) is 9.06. The van der Waals surface area contributed by atoms with Crippen molar-refractivity contribution in [1.82, 2.24) is 0 Å². The fourth-order valence-corrected chi connectivity index (χ4v) is 2.64. The SMILES string of the molecule is CCOc1ccccc1OCCCC(=O)OCC(=O)Nc1ccc(Cl)cc1C. The Balaban J connectivity index is 1.66. The van der Waals surface area contributed by atoms with Crippen molar-refractivity contribution in [2.75, 3.05) is 25.1 Å². The highest BCUT2D eigenvalue weighted by atomic mass is 35.5. The van der Waals surface area contributed by atoms with Crippen molar-refractivity contribution in [3.05, 3.63) is 53.1 Å². The molecule has 0 aliphatic heterocycles. The second-order valence-electron chi connectivity index (χ2n) is 6.00. The number of halogens is 1. The van der Waals surface area contributed by atoms with Crippen LogP contribution in [0.15, 0.2) is 42.5 Å². The van der Waals surface area contributed by atoms with Crippen LogP contribution in [-0.4, -0.2) is 31.7 Å². The molecular weight excluding hydrogens is 382 g/mol. The number of aryl methyl sites for hydroxylation is 1. The number of anilines is 1. The molecule has 1 amide bonds. The molecule has 0 fully saturated rings. The molecule has 150 valence electrons. The molecule has 6 nitrogen and oxygen atoms in total. The lowest BCUT2D eigenvalue weighted by atomic mass is 10.2. The van der Waals surface area contributed by atoms with Crippen molar-refractivity contribution < 1.29 is 23.8 Å². The Kier molecular flexibility index (Phi) is 8.62. The van der Waals surface area contributed by atoms with E-state index in [1.54, 1.807) is 18.2 Å². The summed E-state index contributed by atoms with van der Waals surface area (Å²) in [6, 6.07) is 12.5. The fourth-order valence-electron chi connectivity index (χ4n) is 2.41. The monoisotopic (exact) mass is 405 g/mol. The van der Waals surface area contributed by atoms with Gasteiger partial charge >= 0.3 is 5.97 Å². The zero-order valence-electron chi connectivity index (χ0n) is 16.0. The highest BCUT2D eigenvalue weighted by Gasteiger charge is 2.10. The van der Waals surface area contributed by atoms with Crippen molar-refractivity contribution >= 4 is 29.2 Å². The smallest absolute Gasteiger partial charge is 0.306 e. The summed E-state index contributed by atoms with van der Waals surface area (Å²) in [5.41, 5.74) is 1.46. The number of rotatable bonds is 10. The average Bonchev–Trinajstić information content (AvgIpc) is 2.67. The van der Waals surface area contributed by atoms with Gasteiger partial charge in [-0.1, -0.05) is 23.7 Å². The molecule has 0 spiro atoms. The summed E-state index contributed by atoms with van der Waals surface area (Å²) in [7, 11) is 0. The minimum absolute atomic E-state index is 0.157. The molecule has 28 heavy (non-hydrogen) atoms.